The number of rotatable bonds is 2. The molecule has 0 radical (unpaired) electrons. The molecule has 5 heteroatoms. The van der Waals surface area contributed by atoms with Crippen molar-refractivity contribution in [1.29, 1.82) is 0 Å². The Morgan fingerprint density at radius 3 is 2.44 bits per heavy atom. The Morgan fingerprint density at radius 2 is 1.94 bits per heavy atom. The SMILES string of the molecule is CS(=O)(=O)[C@H]1CCN(c2ccc(Cl)cc2)C1. The van der Waals surface area contributed by atoms with Crippen molar-refractivity contribution in [2.75, 3.05) is 24.2 Å². The molecule has 2 rings (SSSR count). The number of hydrogen-bond donors (Lipinski definition) is 0. The van der Waals surface area contributed by atoms with Crippen LogP contribution in [-0.2, 0) is 9.84 Å². The van der Waals surface area contributed by atoms with Crippen LogP contribution in [0.1, 0.15) is 6.42 Å². The number of sulfone groups is 1. The van der Waals surface area contributed by atoms with E-state index in [4.69, 9.17) is 11.6 Å². The first-order chi connectivity index (χ1) is 7.47. The van der Waals surface area contributed by atoms with Gasteiger partial charge in [0.1, 0.15) is 0 Å². The van der Waals surface area contributed by atoms with Crippen molar-refractivity contribution in [3.8, 4) is 0 Å². The zero-order valence-electron chi connectivity index (χ0n) is 9.06. The third-order valence-electron chi connectivity index (χ3n) is 2.94. The van der Waals surface area contributed by atoms with E-state index in [2.05, 4.69) is 4.90 Å². The van der Waals surface area contributed by atoms with Crippen LogP contribution in [0.15, 0.2) is 24.3 Å². The molecule has 1 atom stereocenters. The molecule has 1 aromatic carbocycles. The van der Waals surface area contributed by atoms with Crippen molar-refractivity contribution in [2.45, 2.75) is 11.7 Å². The number of nitrogens with zero attached hydrogens (tertiary/aromatic N) is 1. The standard InChI is InChI=1S/C11H14ClNO2S/c1-16(14,15)11-6-7-13(8-11)10-4-2-9(12)3-5-10/h2-5,11H,6-8H2,1H3/t11-/m0/s1. The van der Waals surface area contributed by atoms with E-state index in [1.165, 1.54) is 6.26 Å². The molecule has 0 amide bonds. The number of anilines is 1. The topological polar surface area (TPSA) is 37.4 Å². The predicted octanol–water partition coefficient (Wildman–Crippen LogP) is 1.96. The van der Waals surface area contributed by atoms with Crippen LogP contribution in [0.25, 0.3) is 0 Å². The molecular weight excluding hydrogens is 246 g/mol. The van der Waals surface area contributed by atoms with Crippen molar-refractivity contribution in [3.63, 3.8) is 0 Å². The molecule has 1 aliphatic heterocycles. The third kappa shape index (κ3) is 2.50. The molecule has 3 nitrogen and oxygen atoms in total. The van der Waals surface area contributed by atoms with E-state index in [9.17, 15) is 8.42 Å². The van der Waals surface area contributed by atoms with E-state index in [0.29, 0.717) is 18.0 Å². The van der Waals surface area contributed by atoms with Gasteiger partial charge < -0.3 is 4.90 Å². The summed E-state index contributed by atoms with van der Waals surface area (Å²) < 4.78 is 22.8. The first kappa shape index (κ1) is 11.7. The van der Waals surface area contributed by atoms with Gasteiger partial charge in [-0.25, -0.2) is 8.42 Å². The van der Waals surface area contributed by atoms with Crippen LogP contribution in [0.2, 0.25) is 5.02 Å². The van der Waals surface area contributed by atoms with Crippen molar-refractivity contribution >= 4 is 27.1 Å². The highest BCUT2D eigenvalue weighted by Crippen LogP contribution is 2.24. The van der Waals surface area contributed by atoms with Crippen LogP contribution in [-0.4, -0.2) is 33.0 Å². The lowest BCUT2D eigenvalue weighted by atomic mass is 10.3. The fourth-order valence-corrected chi connectivity index (χ4v) is 3.07. The van der Waals surface area contributed by atoms with Crippen LogP contribution in [0.5, 0.6) is 0 Å². The minimum Gasteiger partial charge on any atom is -0.370 e. The molecule has 1 fully saturated rings. The molecule has 88 valence electrons. The molecule has 0 aliphatic carbocycles. The summed E-state index contributed by atoms with van der Waals surface area (Å²) in [6, 6.07) is 7.50. The second-order valence-electron chi connectivity index (χ2n) is 4.16. The van der Waals surface area contributed by atoms with Gasteiger partial charge in [-0.3, -0.25) is 0 Å². The Bertz CT molecular complexity index is 469. The zero-order chi connectivity index (χ0) is 11.8. The maximum atomic E-state index is 11.4. The van der Waals surface area contributed by atoms with Gasteiger partial charge in [0.15, 0.2) is 9.84 Å². The molecule has 1 heterocycles. The molecule has 0 spiro atoms. The van der Waals surface area contributed by atoms with Gasteiger partial charge in [-0.2, -0.15) is 0 Å². The quantitative estimate of drug-likeness (QED) is 0.815. The fourth-order valence-electron chi connectivity index (χ4n) is 1.96. The lowest BCUT2D eigenvalue weighted by molar-refractivity contribution is 0.589. The van der Waals surface area contributed by atoms with Crippen LogP contribution >= 0.6 is 11.6 Å². The highest BCUT2D eigenvalue weighted by atomic mass is 35.5. The van der Waals surface area contributed by atoms with Gasteiger partial charge >= 0.3 is 0 Å². The third-order valence-corrected chi connectivity index (χ3v) is 4.79. The first-order valence-corrected chi connectivity index (χ1v) is 7.49. The van der Waals surface area contributed by atoms with Crippen LogP contribution in [0.4, 0.5) is 5.69 Å². The Labute approximate surface area is 101 Å². The van der Waals surface area contributed by atoms with Crippen LogP contribution in [0, 0.1) is 0 Å². The molecule has 0 unspecified atom stereocenters. The summed E-state index contributed by atoms with van der Waals surface area (Å²) in [7, 11) is -2.92. The van der Waals surface area contributed by atoms with Gasteiger partial charge in [0, 0.05) is 30.1 Å². The summed E-state index contributed by atoms with van der Waals surface area (Å²) in [6.07, 6.45) is 2.02. The van der Waals surface area contributed by atoms with Gasteiger partial charge in [0.05, 0.1) is 5.25 Å². The van der Waals surface area contributed by atoms with Gasteiger partial charge in [-0.05, 0) is 30.7 Å². The van der Waals surface area contributed by atoms with Crippen LogP contribution < -0.4 is 4.90 Å². The smallest absolute Gasteiger partial charge is 0.152 e. The van der Waals surface area contributed by atoms with E-state index in [1.54, 1.807) is 0 Å². The summed E-state index contributed by atoms with van der Waals surface area (Å²) in [5, 5.41) is 0.464. The summed E-state index contributed by atoms with van der Waals surface area (Å²) in [5.41, 5.74) is 1.04. The molecule has 0 bridgehead atoms. The number of halogens is 1. The summed E-state index contributed by atoms with van der Waals surface area (Å²) in [4.78, 5) is 2.09. The number of hydrogen-bond acceptors (Lipinski definition) is 3. The highest BCUT2D eigenvalue weighted by molar-refractivity contribution is 7.91. The van der Waals surface area contributed by atoms with Gasteiger partial charge in [-0.1, -0.05) is 11.6 Å². The average molecular weight is 260 g/mol. The second kappa shape index (κ2) is 4.26. The maximum absolute atomic E-state index is 11.4. The normalized spacial score (nSPS) is 21.4. The highest BCUT2D eigenvalue weighted by Gasteiger charge is 2.29. The molecule has 1 saturated heterocycles. The monoisotopic (exact) mass is 259 g/mol. The van der Waals surface area contributed by atoms with Crippen molar-refractivity contribution < 1.29 is 8.42 Å². The van der Waals surface area contributed by atoms with Crippen LogP contribution in [0.3, 0.4) is 0 Å². The summed E-state index contributed by atoms with van der Waals surface area (Å²) >= 11 is 5.81. The summed E-state index contributed by atoms with van der Waals surface area (Å²) in [6.45, 7) is 1.37. The molecule has 1 aliphatic rings. The van der Waals surface area contributed by atoms with E-state index in [-0.39, 0.29) is 5.25 Å². The average Bonchev–Trinajstić information content (AvgIpc) is 2.67. The van der Waals surface area contributed by atoms with Gasteiger partial charge in [0.25, 0.3) is 0 Å². The molecule has 0 aromatic heterocycles. The zero-order valence-corrected chi connectivity index (χ0v) is 10.6. The molecular formula is C11H14ClNO2S. The van der Waals surface area contributed by atoms with E-state index < -0.39 is 9.84 Å². The minimum absolute atomic E-state index is 0.233. The maximum Gasteiger partial charge on any atom is 0.152 e. The largest absolute Gasteiger partial charge is 0.370 e. The molecule has 0 N–H and O–H groups in total. The van der Waals surface area contributed by atoms with E-state index in [1.807, 2.05) is 24.3 Å². The van der Waals surface area contributed by atoms with E-state index >= 15 is 0 Å². The molecule has 16 heavy (non-hydrogen) atoms. The second-order valence-corrected chi connectivity index (χ2v) is 6.92. The first-order valence-electron chi connectivity index (χ1n) is 5.16. The Morgan fingerprint density at radius 1 is 1.31 bits per heavy atom. The fraction of sp³-hybridized carbons (Fsp3) is 0.455. The lowest BCUT2D eigenvalue weighted by Gasteiger charge is -2.18. The molecule has 1 aromatic rings. The Kier molecular flexibility index (Phi) is 3.13. The van der Waals surface area contributed by atoms with E-state index in [0.717, 1.165) is 12.2 Å². The van der Waals surface area contributed by atoms with Crippen molar-refractivity contribution in [3.05, 3.63) is 29.3 Å². The lowest BCUT2D eigenvalue weighted by Crippen LogP contribution is -2.25. The number of benzene rings is 1. The van der Waals surface area contributed by atoms with Crippen molar-refractivity contribution in [2.24, 2.45) is 0 Å². The van der Waals surface area contributed by atoms with Gasteiger partial charge in [0.2, 0.25) is 0 Å². The minimum atomic E-state index is -2.92. The van der Waals surface area contributed by atoms with Gasteiger partial charge in [-0.15, -0.1) is 0 Å². The molecule has 0 saturated carbocycles. The summed E-state index contributed by atoms with van der Waals surface area (Å²) in [5.74, 6) is 0. The van der Waals surface area contributed by atoms with Crippen molar-refractivity contribution in [1.82, 2.24) is 0 Å². The predicted molar refractivity (Wildman–Crippen MR) is 66.9 cm³/mol. The Hall–Kier alpha value is -0.740. The Balaban J connectivity index is 2.12.